The molecule has 0 fully saturated rings. The first-order valence-electron chi connectivity index (χ1n) is 8.33. The van der Waals surface area contributed by atoms with Gasteiger partial charge in [-0.1, -0.05) is 53.4 Å². The summed E-state index contributed by atoms with van der Waals surface area (Å²) in [6, 6.07) is 11.3. The molecule has 2 aromatic rings. The molecule has 132 valence electrons. The third-order valence-corrected chi connectivity index (χ3v) is 5.13. The number of benzene rings is 2. The van der Waals surface area contributed by atoms with Gasteiger partial charge in [-0.05, 0) is 56.0 Å². The van der Waals surface area contributed by atoms with Gasteiger partial charge in [-0.15, -0.1) is 0 Å². The molecule has 0 aliphatic carbocycles. The van der Waals surface area contributed by atoms with E-state index < -0.39 is 0 Å². The highest BCUT2D eigenvalue weighted by Crippen LogP contribution is 2.32. The van der Waals surface area contributed by atoms with Crippen LogP contribution in [0.3, 0.4) is 0 Å². The van der Waals surface area contributed by atoms with Gasteiger partial charge in [0.05, 0.1) is 10.0 Å². The van der Waals surface area contributed by atoms with Gasteiger partial charge in [-0.25, -0.2) is 0 Å². The Balaban J connectivity index is 2.21. The van der Waals surface area contributed by atoms with Gasteiger partial charge in [0.1, 0.15) is 6.29 Å². The smallest absolute Gasteiger partial charge is 0.165 e. The molecule has 2 rings (SSSR count). The molecule has 0 saturated heterocycles. The van der Waals surface area contributed by atoms with Gasteiger partial charge >= 0.3 is 0 Å². The molecule has 0 aromatic heterocycles. The van der Waals surface area contributed by atoms with Crippen molar-refractivity contribution in [2.24, 2.45) is 5.92 Å². The van der Waals surface area contributed by atoms with Gasteiger partial charge < -0.3 is 4.79 Å². The second kappa shape index (κ2) is 8.64. The van der Waals surface area contributed by atoms with Gasteiger partial charge in [-0.2, -0.15) is 0 Å². The molecule has 0 saturated carbocycles. The highest BCUT2D eigenvalue weighted by atomic mass is 35.5. The Bertz CT molecular complexity index is 763. The van der Waals surface area contributed by atoms with Crippen molar-refractivity contribution in [1.82, 2.24) is 0 Å². The molecule has 2 atom stereocenters. The molecule has 0 aliphatic rings. The Morgan fingerprint density at radius 3 is 2.24 bits per heavy atom. The zero-order valence-corrected chi connectivity index (χ0v) is 16.2. The van der Waals surface area contributed by atoms with Crippen LogP contribution in [0.4, 0.5) is 0 Å². The molecule has 0 N–H and O–H groups in total. The van der Waals surface area contributed by atoms with Gasteiger partial charge in [0.25, 0.3) is 0 Å². The Morgan fingerprint density at radius 2 is 1.68 bits per heavy atom. The van der Waals surface area contributed by atoms with E-state index in [1.54, 1.807) is 12.1 Å². The number of hydrogen-bond donors (Lipinski definition) is 0. The summed E-state index contributed by atoms with van der Waals surface area (Å²) < 4.78 is 0. The standard InChI is InChI=1S/C21H22Cl2O2/c1-13-8-14(2)10-18(9-13)21(25)15(3)11-17(6-7-24)16-4-5-19(22)20(23)12-16/h4-5,7-10,12,15,17H,6,11H2,1-3H3/t15?,17-/m1/s1. The van der Waals surface area contributed by atoms with Crippen LogP contribution >= 0.6 is 23.2 Å². The first-order chi connectivity index (χ1) is 11.8. The van der Waals surface area contributed by atoms with Crippen LogP contribution in [0, 0.1) is 19.8 Å². The third-order valence-electron chi connectivity index (χ3n) is 4.39. The topological polar surface area (TPSA) is 34.1 Å². The lowest BCUT2D eigenvalue weighted by Crippen LogP contribution is -2.16. The summed E-state index contributed by atoms with van der Waals surface area (Å²) in [5.41, 5.74) is 3.81. The van der Waals surface area contributed by atoms with Crippen LogP contribution in [-0.2, 0) is 4.79 Å². The quantitative estimate of drug-likeness (QED) is 0.426. The minimum atomic E-state index is -0.194. The van der Waals surface area contributed by atoms with E-state index in [0.29, 0.717) is 22.9 Å². The predicted molar refractivity (Wildman–Crippen MR) is 104 cm³/mol. The fourth-order valence-electron chi connectivity index (χ4n) is 3.19. The van der Waals surface area contributed by atoms with Crippen LogP contribution in [-0.4, -0.2) is 12.1 Å². The minimum absolute atomic E-state index is 0.0582. The van der Waals surface area contributed by atoms with E-state index in [2.05, 4.69) is 0 Å². The van der Waals surface area contributed by atoms with Crippen molar-refractivity contribution >= 4 is 35.3 Å². The number of ketones is 1. The molecular formula is C21H22Cl2O2. The first-order valence-corrected chi connectivity index (χ1v) is 9.08. The molecule has 0 bridgehead atoms. The number of aryl methyl sites for hydroxylation is 2. The number of carbonyl (C=O) groups is 2. The van der Waals surface area contributed by atoms with E-state index in [1.807, 2.05) is 45.0 Å². The summed E-state index contributed by atoms with van der Waals surface area (Å²) in [6.07, 6.45) is 1.83. The molecule has 0 radical (unpaired) electrons. The highest BCUT2D eigenvalue weighted by Gasteiger charge is 2.22. The Morgan fingerprint density at radius 1 is 1.04 bits per heavy atom. The lowest BCUT2D eigenvalue weighted by molar-refractivity contribution is -0.108. The SMILES string of the molecule is Cc1cc(C)cc(C(=O)C(C)C[C@@H](CC=O)c2ccc(Cl)c(Cl)c2)c1. The van der Waals surface area contributed by atoms with Gasteiger partial charge in [0.15, 0.2) is 5.78 Å². The average Bonchev–Trinajstić information content (AvgIpc) is 2.55. The predicted octanol–water partition coefficient (Wildman–Crippen LogP) is 6.19. The Hall–Kier alpha value is -1.64. The van der Waals surface area contributed by atoms with Crippen LogP contribution in [0.15, 0.2) is 36.4 Å². The lowest BCUT2D eigenvalue weighted by Gasteiger charge is -2.20. The largest absolute Gasteiger partial charge is 0.303 e. The third kappa shape index (κ3) is 5.17. The highest BCUT2D eigenvalue weighted by molar-refractivity contribution is 6.42. The summed E-state index contributed by atoms with van der Waals surface area (Å²) in [7, 11) is 0. The molecule has 1 unspecified atom stereocenters. The van der Waals surface area contributed by atoms with Gasteiger partial charge in [-0.3, -0.25) is 4.79 Å². The van der Waals surface area contributed by atoms with Crippen molar-refractivity contribution in [2.45, 2.75) is 39.5 Å². The van der Waals surface area contributed by atoms with Crippen LogP contribution in [0.1, 0.15) is 52.7 Å². The molecule has 0 amide bonds. The second-order valence-corrected chi connectivity index (χ2v) is 7.46. The lowest BCUT2D eigenvalue weighted by atomic mass is 9.84. The second-order valence-electron chi connectivity index (χ2n) is 6.65. The maximum Gasteiger partial charge on any atom is 0.165 e. The molecule has 25 heavy (non-hydrogen) atoms. The zero-order valence-electron chi connectivity index (χ0n) is 14.7. The van der Waals surface area contributed by atoms with Gasteiger partial charge in [0.2, 0.25) is 0 Å². The van der Waals surface area contributed by atoms with E-state index in [4.69, 9.17) is 23.2 Å². The van der Waals surface area contributed by atoms with Crippen molar-refractivity contribution in [3.05, 3.63) is 68.7 Å². The Kier molecular flexibility index (Phi) is 6.80. The van der Waals surface area contributed by atoms with Crippen LogP contribution < -0.4 is 0 Å². The van der Waals surface area contributed by atoms with E-state index in [9.17, 15) is 9.59 Å². The van der Waals surface area contributed by atoms with Crippen molar-refractivity contribution in [3.63, 3.8) is 0 Å². The van der Waals surface area contributed by atoms with Crippen molar-refractivity contribution in [3.8, 4) is 0 Å². The monoisotopic (exact) mass is 376 g/mol. The van der Waals surface area contributed by atoms with E-state index >= 15 is 0 Å². The molecule has 2 nitrogen and oxygen atoms in total. The van der Waals surface area contributed by atoms with Crippen LogP contribution in [0.5, 0.6) is 0 Å². The number of hydrogen-bond acceptors (Lipinski definition) is 2. The minimum Gasteiger partial charge on any atom is -0.303 e. The van der Waals surface area contributed by atoms with E-state index in [1.165, 1.54) is 0 Å². The number of halogens is 2. The summed E-state index contributed by atoms with van der Waals surface area (Å²) in [4.78, 5) is 23.9. The van der Waals surface area contributed by atoms with E-state index in [-0.39, 0.29) is 17.6 Å². The van der Waals surface area contributed by atoms with Crippen LogP contribution in [0.2, 0.25) is 10.0 Å². The molecule has 4 heteroatoms. The Labute approximate surface area is 159 Å². The van der Waals surface area contributed by atoms with Crippen molar-refractivity contribution in [1.29, 1.82) is 0 Å². The molecule has 0 aliphatic heterocycles. The number of aldehydes is 1. The van der Waals surface area contributed by atoms with Crippen molar-refractivity contribution in [2.75, 3.05) is 0 Å². The molecule has 0 heterocycles. The molecule has 2 aromatic carbocycles. The first kappa shape index (κ1) is 19.7. The summed E-state index contributed by atoms with van der Waals surface area (Å²) in [5.74, 6) is -0.152. The molecule has 0 spiro atoms. The molecular weight excluding hydrogens is 355 g/mol. The summed E-state index contributed by atoms with van der Waals surface area (Å²) >= 11 is 12.1. The normalized spacial score (nSPS) is 13.3. The maximum atomic E-state index is 12.8. The van der Waals surface area contributed by atoms with E-state index in [0.717, 1.165) is 28.5 Å². The number of Topliss-reactive ketones (excluding diaryl/α,β-unsaturated/α-hetero) is 1. The van der Waals surface area contributed by atoms with Crippen LogP contribution in [0.25, 0.3) is 0 Å². The summed E-state index contributed by atoms with van der Waals surface area (Å²) in [6.45, 7) is 5.88. The maximum absolute atomic E-state index is 12.8. The average molecular weight is 377 g/mol. The summed E-state index contributed by atoms with van der Waals surface area (Å²) in [5, 5.41) is 0.943. The number of carbonyl (C=O) groups excluding carboxylic acids is 2. The fourth-order valence-corrected chi connectivity index (χ4v) is 3.49. The number of rotatable bonds is 7. The zero-order chi connectivity index (χ0) is 18.6. The van der Waals surface area contributed by atoms with Gasteiger partial charge in [0, 0.05) is 17.9 Å². The fraction of sp³-hybridized carbons (Fsp3) is 0.333. The van der Waals surface area contributed by atoms with Crippen molar-refractivity contribution < 1.29 is 9.59 Å².